The summed E-state index contributed by atoms with van der Waals surface area (Å²) in [6.07, 6.45) is 1.58. The van der Waals surface area contributed by atoms with Crippen LogP contribution < -0.4 is 10.2 Å². The third-order valence-corrected chi connectivity index (χ3v) is 6.96. The lowest BCUT2D eigenvalue weighted by atomic mass is 10.2. The summed E-state index contributed by atoms with van der Waals surface area (Å²) in [5, 5.41) is 12.3. The van der Waals surface area contributed by atoms with Gasteiger partial charge in [-0.3, -0.25) is 4.79 Å². The van der Waals surface area contributed by atoms with E-state index in [4.69, 9.17) is 4.74 Å². The van der Waals surface area contributed by atoms with E-state index < -0.39 is 0 Å². The Balaban J connectivity index is 1.41. The Hall–Kier alpha value is -2.36. The van der Waals surface area contributed by atoms with Gasteiger partial charge in [0.15, 0.2) is 8.68 Å². The molecule has 0 radical (unpaired) electrons. The summed E-state index contributed by atoms with van der Waals surface area (Å²) < 4.78 is 6.81. The minimum atomic E-state index is -0.196. The highest BCUT2D eigenvalue weighted by molar-refractivity contribution is 8.03. The maximum Gasteiger partial charge on any atom is 0.250 e. The van der Waals surface area contributed by atoms with E-state index in [1.54, 1.807) is 25.1 Å². The van der Waals surface area contributed by atoms with Gasteiger partial charge in [0.25, 0.3) is 5.91 Å². The molecule has 0 fully saturated rings. The Morgan fingerprint density at radius 3 is 2.69 bits per heavy atom. The molecular weight excluding hydrogens is 424 g/mol. The third-order valence-electron chi connectivity index (χ3n) is 3.69. The molecule has 0 aliphatic heterocycles. The van der Waals surface area contributed by atoms with Gasteiger partial charge >= 0.3 is 0 Å². The number of methoxy groups -OCH3 is 1. The molecule has 9 heteroatoms. The minimum Gasteiger partial charge on any atom is -0.497 e. The Bertz CT molecular complexity index is 974. The number of ether oxygens (including phenoxy) is 1. The molecule has 0 bridgehead atoms. The summed E-state index contributed by atoms with van der Waals surface area (Å²) in [6, 6.07) is 15.9. The molecule has 1 N–H and O–H groups in total. The predicted octanol–water partition coefficient (Wildman–Crippen LogP) is 4.39. The molecule has 6 nitrogen and oxygen atoms in total. The summed E-state index contributed by atoms with van der Waals surface area (Å²) in [4.78, 5) is 12.0. The molecule has 29 heavy (non-hydrogen) atoms. The molecule has 0 saturated carbocycles. The number of carbonyl (C=O) groups excluding carboxylic acids is 1. The fourth-order valence-corrected chi connectivity index (χ4v) is 4.97. The van der Waals surface area contributed by atoms with Gasteiger partial charge in [0, 0.05) is 5.75 Å². The van der Waals surface area contributed by atoms with Crippen LogP contribution >= 0.6 is 34.9 Å². The topological polar surface area (TPSA) is 76.5 Å². The third kappa shape index (κ3) is 7.19. The first-order valence-corrected chi connectivity index (χ1v) is 11.5. The van der Waals surface area contributed by atoms with Crippen molar-refractivity contribution >= 4 is 47.0 Å². The van der Waals surface area contributed by atoms with Crippen LogP contribution in [0.3, 0.4) is 0 Å². The van der Waals surface area contributed by atoms with Gasteiger partial charge in [0.05, 0.1) is 19.1 Å². The quantitative estimate of drug-likeness (QED) is 0.300. The Morgan fingerprint density at radius 2 is 1.93 bits per heavy atom. The summed E-state index contributed by atoms with van der Waals surface area (Å²) in [5.74, 6) is 1.62. The van der Waals surface area contributed by atoms with Gasteiger partial charge in [-0.15, -0.1) is 10.2 Å². The van der Waals surface area contributed by atoms with Crippen molar-refractivity contribution in [2.24, 2.45) is 5.10 Å². The van der Waals surface area contributed by atoms with E-state index >= 15 is 0 Å². The Morgan fingerprint density at radius 1 is 1.17 bits per heavy atom. The van der Waals surface area contributed by atoms with Gasteiger partial charge in [-0.2, -0.15) is 5.10 Å². The number of hydrazone groups is 1. The van der Waals surface area contributed by atoms with Crippen LogP contribution in [0.5, 0.6) is 5.75 Å². The fraction of sp³-hybridized carbons (Fsp3) is 0.200. The summed E-state index contributed by atoms with van der Waals surface area (Å²) >= 11 is 4.49. The van der Waals surface area contributed by atoms with Gasteiger partial charge in [-0.25, -0.2) is 5.43 Å². The fourth-order valence-electron chi connectivity index (χ4n) is 2.20. The van der Waals surface area contributed by atoms with Gasteiger partial charge in [0.2, 0.25) is 0 Å². The highest BCUT2D eigenvalue weighted by Crippen LogP contribution is 2.30. The molecule has 2 aromatic carbocycles. The van der Waals surface area contributed by atoms with Crippen LogP contribution in [0, 0.1) is 6.92 Å². The van der Waals surface area contributed by atoms with Crippen molar-refractivity contribution in [2.75, 3.05) is 12.9 Å². The maximum absolute atomic E-state index is 12.0. The van der Waals surface area contributed by atoms with Crippen molar-refractivity contribution in [3.05, 3.63) is 65.2 Å². The lowest BCUT2D eigenvalue weighted by Crippen LogP contribution is -2.19. The average molecular weight is 445 g/mol. The van der Waals surface area contributed by atoms with E-state index in [0.29, 0.717) is 0 Å². The van der Waals surface area contributed by atoms with Crippen molar-refractivity contribution in [2.45, 2.75) is 21.4 Å². The van der Waals surface area contributed by atoms with Gasteiger partial charge < -0.3 is 4.74 Å². The van der Waals surface area contributed by atoms with E-state index in [2.05, 4.69) is 51.9 Å². The van der Waals surface area contributed by atoms with Crippen LogP contribution in [-0.4, -0.2) is 35.2 Å². The molecule has 1 heterocycles. The van der Waals surface area contributed by atoms with Crippen LogP contribution in [-0.2, 0) is 10.5 Å². The molecule has 0 aliphatic carbocycles. The first-order chi connectivity index (χ1) is 14.1. The SMILES string of the molecule is COc1cccc(C=NNC(=O)CSc2nnc(SCc3ccc(C)cc3)s2)c1. The number of thioether (sulfide) groups is 2. The summed E-state index contributed by atoms with van der Waals surface area (Å²) in [5.41, 5.74) is 5.86. The molecule has 0 saturated heterocycles. The van der Waals surface area contributed by atoms with Crippen LogP contribution in [0.1, 0.15) is 16.7 Å². The monoisotopic (exact) mass is 444 g/mol. The molecule has 0 unspecified atom stereocenters. The second-order valence-corrected chi connectivity index (χ2v) is 9.39. The number of nitrogens with one attached hydrogen (secondary N) is 1. The molecule has 1 amide bonds. The molecule has 150 valence electrons. The van der Waals surface area contributed by atoms with E-state index in [1.807, 2.05) is 24.3 Å². The Kier molecular flexibility index (Phi) is 8.09. The van der Waals surface area contributed by atoms with E-state index in [1.165, 1.54) is 34.2 Å². The molecule has 1 aromatic heterocycles. The second kappa shape index (κ2) is 11.0. The number of amides is 1. The highest BCUT2D eigenvalue weighted by Gasteiger charge is 2.08. The molecule has 0 aliphatic rings. The number of nitrogens with zero attached hydrogens (tertiary/aromatic N) is 3. The summed E-state index contributed by atoms with van der Waals surface area (Å²) in [7, 11) is 1.61. The lowest BCUT2D eigenvalue weighted by Gasteiger charge is -2.00. The van der Waals surface area contributed by atoms with Gasteiger partial charge in [0.1, 0.15) is 5.75 Å². The maximum atomic E-state index is 12.0. The lowest BCUT2D eigenvalue weighted by molar-refractivity contribution is -0.118. The standard InChI is InChI=1S/C20H20N4O2S3/c1-14-6-8-15(9-7-14)12-27-19-23-24-20(29-19)28-13-18(25)22-21-11-16-4-3-5-17(10-16)26-2/h3-11H,12-13H2,1-2H3,(H,22,25). The van der Waals surface area contributed by atoms with Gasteiger partial charge in [-0.1, -0.05) is 76.8 Å². The number of carbonyl (C=O) groups is 1. The molecular formula is C20H20N4O2S3. The van der Waals surface area contributed by atoms with Crippen LogP contribution in [0.25, 0.3) is 0 Å². The van der Waals surface area contributed by atoms with Crippen molar-refractivity contribution in [1.82, 2.24) is 15.6 Å². The molecule has 0 spiro atoms. The van der Waals surface area contributed by atoms with Crippen LogP contribution in [0.4, 0.5) is 0 Å². The number of rotatable bonds is 9. The van der Waals surface area contributed by atoms with Crippen LogP contribution in [0.15, 0.2) is 62.3 Å². The zero-order valence-corrected chi connectivity index (χ0v) is 18.4. The normalized spacial score (nSPS) is 11.0. The minimum absolute atomic E-state index is 0.196. The number of aryl methyl sites for hydroxylation is 1. The van der Waals surface area contributed by atoms with Gasteiger partial charge in [-0.05, 0) is 30.2 Å². The summed E-state index contributed by atoms with van der Waals surface area (Å²) in [6.45, 7) is 2.07. The number of benzene rings is 2. The predicted molar refractivity (Wildman–Crippen MR) is 120 cm³/mol. The Labute approximate surface area is 182 Å². The molecule has 3 rings (SSSR count). The van der Waals surface area contributed by atoms with Crippen LogP contribution in [0.2, 0.25) is 0 Å². The van der Waals surface area contributed by atoms with E-state index in [9.17, 15) is 4.79 Å². The van der Waals surface area contributed by atoms with Crippen molar-refractivity contribution in [3.8, 4) is 5.75 Å². The largest absolute Gasteiger partial charge is 0.497 e. The number of hydrogen-bond donors (Lipinski definition) is 1. The van der Waals surface area contributed by atoms with Crippen molar-refractivity contribution < 1.29 is 9.53 Å². The van der Waals surface area contributed by atoms with Crippen molar-refractivity contribution in [1.29, 1.82) is 0 Å². The molecule has 3 aromatic rings. The first kappa shape index (κ1) is 21.4. The number of hydrogen-bond acceptors (Lipinski definition) is 8. The number of aromatic nitrogens is 2. The second-order valence-electron chi connectivity index (χ2n) is 5.97. The van der Waals surface area contributed by atoms with E-state index in [-0.39, 0.29) is 11.7 Å². The molecule has 0 atom stereocenters. The smallest absolute Gasteiger partial charge is 0.250 e. The van der Waals surface area contributed by atoms with Crippen molar-refractivity contribution in [3.63, 3.8) is 0 Å². The first-order valence-electron chi connectivity index (χ1n) is 8.73. The average Bonchev–Trinajstić information content (AvgIpc) is 3.20. The zero-order chi connectivity index (χ0) is 20.5. The highest BCUT2D eigenvalue weighted by atomic mass is 32.2. The zero-order valence-electron chi connectivity index (χ0n) is 16.0. The van der Waals surface area contributed by atoms with E-state index in [0.717, 1.165) is 25.7 Å².